The molecule has 1 aliphatic rings. The van der Waals surface area contributed by atoms with E-state index in [0.717, 1.165) is 22.7 Å². The predicted octanol–water partition coefficient (Wildman–Crippen LogP) is 5.23. The Morgan fingerprint density at radius 2 is 1.58 bits per heavy atom. The van der Waals surface area contributed by atoms with Crippen LogP contribution in [0.3, 0.4) is 0 Å². The zero-order valence-electron chi connectivity index (χ0n) is 18.0. The van der Waals surface area contributed by atoms with Crippen molar-refractivity contribution < 1.29 is 14.3 Å². The molecule has 0 N–H and O–H groups in total. The van der Waals surface area contributed by atoms with Crippen molar-refractivity contribution in [1.82, 2.24) is 0 Å². The normalized spacial score (nSPS) is 17.6. The highest BCUT2D eigenvalue weighted by Crippen LogP contribution is 2.42. The van der Waals surface area contributed by atoms with E-state index in [-0.39, 0.29) is 23.9 Å². The second-order valence-electron chi connectivity index (χ2n) is 7.79. The molecule has 1 aliphatic heterocycles. The van der Waals surface area contributed by atoms with E-state index in [2.05, 4.69) is 0 Å². The van der Waals surface area contributed by atoms with Gasteiger partial charge in [0.05, 0.1) is 13.2 Å². The molecular formula is C26H26N2O3. The predicted molar refractivity (Wildman–Crippen MR) is 123 cm³/mol. The van der Waals surface area contributed by atoms with Crippen LogP contribution in [0.5, 0.6) is 5.75 Å². The smallest absolute Gasteiger partial charge is 0.258 e. The maximum Gasteiger partial charge on any atom is 0.258 e. The summed E-state index contributed by atoms with van der Waals surface area (Å²) in [5.41, 5.74) is 3.28. The summed E-state index contributed by atoms with van der Waals surface area (Å²) < 4.78 is 5.26. The lowest BCUT2D eigenvalue weighted by Crippen LogP contribution is -2.47. The Balaban J connectivity index is 1.76. The third-order valence-electron chi connectivity index (χ3n) is 5.80. The molecule has 5 nitrogen and oxygen atoms in total. The molecule has 5 heteroatoms. The van der Waals surface area contributed by atoms with Crippen LogP contribution in [0.1, 0.15) is 42.2 Å². The van der Waals surface area contributed by atoms with Crippen molar-refractivity contribution in [3.63, 3.8) is 0 Å². The van der Waals surface area contributed by atoms with Crippen LogP contribution in [-0.4, -0.2) is 25.0 Å². The Kier molecular flexibility index (Phi) is 5.76. The van der Waals surface area contributed by atoms with Gasteiger partial charge >= 0.3 is 0 Å². The monoisotopic (exact) mass is 414 g/mol. The summed E-state index contributed by atoms with van der Waals surface area (Å²) in [6.07, 6.45) is 0.640. The van der Waals surface area contributed by atoms with Gasteiger partial charge < -0.3 is 14.5 Å². The number of methoxy groups -OCH3 is 1. The molecule has 1 heterocycles. The van der Waals surface area contributed by atoms with Gasteiger partial charge in [-0.25, -0.2) is 0 Å². The number of anilines is 2. The number of benzene rings is 3. The van der Waals surface area contributed by atoms with Crippen LogP contribution in [0.25, 0.3) is 0 Å². The third kappa shape index (κ3) is 3.91. The molecule has 31 heavy (non-hydrogen) atoms. The SMILES string of the molecule is COc1ccc(N(C(C)=O)[C@H]2C[C@@H](C)N(C(=O)c3ccccc3)c3ccccc32)cc1. The molecule has 0 fully saturated rings. The van der Waals surface area contributed by atoms with Crippen LogP contribution in [-0.2, 0) is 4.79 Å². The van der Waals surface area contributed by atoms with E-state index >= 15 is 0 Å². The highest BCUT2D eigenvalue weighted by Gasteiger charge is 2.38. The Morgan fingerprint density at radius 1 is 0.935 bits per heavy atom. The summed E-state index contributed by atoms with van der Waals surface area (Å²) in [5, 5.41) is 0. The van der Waals surface area contributed by atoms with Gasteiger partial charge in [0, 0.05) is 29.9 Å². The standard InChI is InChI=1S/C26H26N2O3/c1-18-17-25(28(19(2)29)21-13-15-22(31-3)16-14-21)23-11-7-8-12-24(23)27(18)26(30)20-9-5-4-6-10-20/h4-16,18,25H,17H2,1-3H3/t18-,25+/m1/s1. The van der Waals surface area contributed by atoms with Crippen LogP contribution < -0.4 is 14.5 Å². The van der Waals surface area contributed by atoms with Gasteiger partial charge in [-0.3, -0.25) is 9.59 Å². The second kappa shape index (κ2) is 8.64. The zero-order chi connectivity index (χ0) is 22.0. The number of carbonyl (C=O) groups excluding carboxylic acids is 2. The fourth-order valence-corrected chi connectivity index (χ4v) is 4.38. The van der Waals surface area contributed by atoms with E-state index in [4.69, 9.17) is 4.74 Å². The van der Waals surface area contributed by atoms with E-state index in [1.54, 1.807) is 14.0 Å². The third-order valence-corrected chi connectivity index (χ3v) is 5.80. The van der Waals surface area contributed by atoms with E-state index < -0.39 is 0 Å². The maximum absolute atomic E-state index is 13.4. The van der Waals surface area contributed by atoms with Gasteiger partial charge in [0.1, 0.15) is 5.75 Å². The summed E-state index contributed by atoms with van der Waals surface area (Å²) in [5.74, 6) is 0.669. The molecule has 0 unspecified atom stereocenters. The topological polar surface area (TPSA) is 49.9 Å². The van der Waals surface area contributed by atoms with Crippen LogP contribution in [0.2, 0.25) is 0 Å². The highest BCUT2D eigenvalue weighted by molar-refractivity contribution is 6.07. The number of amides is 2. The molecule has 2 amide bonds. The second-order valence-corrected chi connectivity index (χ2v) is 7.79. The summed E-state index contributed by atoms with van der Waals surface area (Å²) in [6, 6.07) is 24.4. The van der Waals surface area contributed by atoms with Gasteiger partial charge in [-0.15, -0.1) is 0 Å². The van der Waals surface area contributed by atoms with E-state index in [1.807, 2.05) is 95.6 Å². The molecule has 0 saturated heterocycles. The van der Waals surface area contributed by atoms with Crippen molar-refractivity contribution in [2.24, 2.45) is 0 Å². The van der Waals surface area contributed by atoms with Crippen molar-refractivity contribution in [3.8, 4) is 5.75 Å². The van der Waals surface area contributed by atoms with E-state index in [9.17, 15) is 9.59 Å². The fraction of sp³-hybridized carbons (Fsp3) is 0.231. The summed E-state index contributed by atoms with van der Waals surface area (Å²) >= 11 is 0. The largest absolute Gasteiger partial charge is 0.497 e. The first-order valence-corrected chi connectivity index (χ1v) is 10.4. The number of ether oxygens (including phenoxy) is 1. The van der Waals surface area contributed by atoms with Crippen LogP contribution >= 0.6 is 0 Å². The average molecular weight is 415 g/mol. The van der Waals surface area contributed by atoms with Crippen molar-refractivity contribution in [2.45, 2.75) is 32.4 Å². The van der Waals surface area contributed by atoms with Gasteiger partial charge in [-0.05, 0) is 61.4 Å². The quantitative estimate of drug-likeness (QED) is 0.587. The summed E-state index contributed by atoms with van der Waals surface area (Å²) in [6.45, 7) is 3.62. The molecule has 4 rings (SSSR count). The van der Waals surface area contributed by atoms with Gasteiger partial charge in [0.15, 0.2) is 0 Å². The molecule has 3 aromatic rings. The zero-order valence-corrected chi connectivity index (χ0v) is 18.0. The first-order chi connectivity index (χ1) is 15.0. The Morgan fingerprint density at radius 3 is 2.23 bits per heavy atom. The molecule has 0 bridgehead atoms. The number of nitrogens with zero attached hydrogens (tertiary/aromatic N) is 2. The van der Waals surface area contributed by atoms with Gasteiger partial charge in [-0.2, -0.15) is 0 Å². The number of hydrogen-bond donors (Lipinski definition) is 0. The van der Waals surface area contributed by atoms with E-state index in [1.165, 1.54) is 0 Å². The Labute approximate surface area is 182 Å². The van der Waals surface area contributed by atoms with E-state index in [0.29, 0.717) is 12.0 Å². The van der Waals surface area contributed by atoms with Crippen LogP contribution in [0, 0.1) is 0 Å². The minimum absolute atomic E-state index is 0.0298. The van der Waals surface area contributed by atoms with Crippen molar-refractivity contribution >= 4 is 23.2 Å². The molecule has 2 atom stereocenters. The fourth-order valence-electron chi connectivity index (χ4n) is 4.38. The molecule has 0 aliphatic carbocycles. The molecule has 0 radical (unpaired) electrons. The Hall–Kier alpha value is -3.60. The molecular weight excluding hydrogens is 388 g/mol. The van der Waals surface area contributed by atoms with Gasteiger partial charge in [0.2, 0.25) is 5.91 Å². The molecule has 158 valence electrons. The number of rotatable bonds is 4. The van der Waals surface area contributed by atoms with Gasteiger partial charge in [0.25, 0.3) is 5.91 Å². The number of fused-ring (bicyclic) bond motifs is 1. The van der Waals surface area contributed by atoms with Gasteiger partial charge in [-0.1, -0.05) is 36.4 Å². The summed E-state index contributed by atoms with van der Waals surface area (Å²) in [7, 11) is 1.62. The lowest BCUT2D eigenvalue weighted by molar-refractivity contribution is -0.117. The molecule has 3 aromatic carbocycles. The maximum atomic E-state index is 13.4. The first kappa shape index (κ1) is 20.7. The lowest BCUT2D eigenvalue weighted by atomic mass is 9.89. The van der Waals surface area contributed by atoms with Crippen molar-refractivity contribution in [2.75, 3.05) is 16.9 Å². The molecule has 0 spiro atoms. The lowest BCUT2D eigenvalue weighted by Gasteiger charge is -2.43. The minimum atomic E-state index is -0.170. The Bertz CT molecular complexity index is 1080. The average Bonchev–Trinajstić information content (AvgIpc) is 2.80. The number of para-hydroxylation sites is 1. The molecule has 0 aromatic heterocycles. The van der Waals surface area contributed by atoms with Crippen molar-refractivity contribution in [3.05, 3.63) is 90.0 Å². The summed E-state index contributed by atoms with van der Waals surface area (Å²) in [4.78, 5) is 29.8. The van der Waals surface area contributed by atoms with Crippen molar-refractivity contribution in [1.29, 1.82) is 0 Å². The molecule has 0 saturated carbocycles. The van der Waals surface area contributed by atoms with Crippen LogP contribution in [0.15, 0.2) is 78.9 Å². The number of carbonyl (C=O) groups is 2. The minimum Gasteiger partial charge on any atom is -0.497 e. The first-order valence-electron chi connectivity index (χ1n) is 10.4. The number of hydrogen-bond acceptors (Lipinski definition) is 3. The van der Waals surface area contributed by atoms with Crippen LogP contribution in [0.4, 0.5) is 11.4 Å². The highest BCUT2D eigenvalue weighted by atomic mass is 16.5.